The molecule has 2 saturated carbocycles. The van der Waals surface area contributed by atoms with Gasteiger partial charge in [-0.05, 0) is 49.0 Å². The van der Waals surface area contributed by atoms with E-state index in [2.05, 4.69) is 16.1 Å². The van der Waals surface area contributed by atoms with Gasteiger partial charge in [0.05, 0.1) is 11.1 Å². The zero-order chi connectivity index (χ0) is 20.5. The second kappa shape index (κ2) is 8.01. The van der Waals surface area contributed by atoms with Crippen molar-refractivity contribution in [1.29, 1.82) is 5.26 Å². The fourth-order valence-electron chi connectivity index (χ4n) is 3.18. The summed E-state index contributed by atoms with van der Waals surface area (Å²) in [5.41, 5.74) is -0.732. The van der Waals surface area contributed by atoms with Crippen LogP contribution in [0.15, 0.2) is 23.1 Å². The van der Waals surface area contributed by atoms with Crippen LogP contribution in [-0.4, -0.2) is 34.0 Å². The van der Waals surface area contributed by atoms with E-state index in [9.17, 15) is 22.5 Å². The molecule has 3 rings (SSSR count). The molecule has 0 heterocycles. The number of rotatable bonds is 6. The highest BCUT2D eigenvalue weighted by Crippen LogP contribution is 2.39. The van der Waals surface area contributed by atoms with E-state index in [0.29, 0.717) is 37.0 Å². The van der Waals surface area contributed by atoms with Gasteiger partial charge in [0.2, 0.25) is 5.91 Å². The minimum absolute atomic E-state index is 0.0574. The summed E-state index contributed by atoms with van der Waals surface area (Å²) in [6.07, 6.45) is -1.63. The predicted molar refractivity (Wildman–Crippen MR) is 96.3 cm³/mol. The Labute approximate surface area is 168 Å². The average molecular weight is 435 g/mol. The number of hydrogen-bond donors (Lipinski definition) is 1. The zero-order valence-corrected chi connectivity index (χ0v) is 16.3. The van der Waals surface area contributed by atoms with Gasteiger partial charge in [0, 0.05) is 18.4 Å². The van der Waals surface area contributed by atoms with Crippen LogP contribution >= 0.6 is 11.6 Å². The molecule has 0 saturated heterocycles. The van der Waals surface area contributed by atoms with Crippen LogP contribution in [0.4, 0.5) is 13.2 Å². The van der Waals surface area contributed by atoms with E-state index < -0.39 is 29.5 Å². The number of carbonyl (C=O) groups is 1. The number of alkyl halides is 3. The molecule has 2 aliphatic carbocycles. The Balaban J connectivity index is 1.59. The summed E-state index contributed by atoms with van der Waals surface area (Å²) < 4.78 is 54.2. The van der Waals surface area contributed by atoms with Gasteiger partial charge in [0.1, 0.15) is 16.5 Å². The molecule has 28 heavy (non-hydrogen) atoms. The topological polar surface area (TPSA) is 85.2 Å². The van der Waals surface area contributed by atoms with Crippen LogP contribution in [0.5, 0.6) is 5.75 Å². The van der Waals surface area contributed by atoms with E-state index in [1.807, 2.05) is 0 Å². The normalized spacial score (nSPS) is 24.3. The molecule has 3 atom stereocenters. The SMILES string of the molecule is N#CC1(NC(=O)[C@H]2CC[C@@H]([S+]([O-])c3ccc(OCC(F)(F)F)cc3Cl)C2)CC1. The molecule has 152 valence electrons. The number of nitriles is 1. The lowest BCUT2D eigenvalue weighted by molar-refractivity contribution is -0.153. The summed E-state index contributed by atoms with van der Waals surface area (Å²) in [5, 5.41) is 11.6. The number of halogens is 4. The molecule has 1 aromatic carbocycles. The molecule has 5 nitrogen and oxygen atoms in total. The van der Waals surface area contributed by atoms with Crippen molar-refractivity contribution in [3.63, 3.8) is 0 Å². The third-order valence-corrected chi connectivity index (χ3v) is 7.16. The second-order valence-electron chi connectivity index (χ2n) is 7.11. The Morgan fingerprint density at radius 3 is 2.71 bits per heavy atom. The largest absolute Gasteiger partial charge is 0.611 e. The number of hydrogen-bond acceptors (Lipinski definition) is 4. The first-order chi connectivity index (χ1) is 13.1. The monoisotopic (exact) mass is 434 g/mol. The fourth-order valence-corrected chi connectivity index (χ4v) is 5.15. The maximum atomic E-state index is 12.8. The van der Waals surface area contributed by atoms with Crippen LogP contribution in [0.3, 0.4) is 0 Å². The molecule has 1 unspecified atom stereocenters. The molecule has 0 aromatic heterocycles. The third-order valence-electron chi connectivity index (χ3n) is 4.91. The van der Waals surface area contributed by atoms with Crippen molar-refractivity contribution in [2.24, 2.45) is 5.92 Å². The van der Waals surface area contributed by atoms with E-state index >= 15 is 0 Å². The van der Waals surface area contributed by atoms with Gasteiger partial charge in [-0.3, -0.25) is 4.79 Å². The van der Waals surface area contributed by atoms with Crippen molar-refractivity contribution in [1.82, 2.24) is 5.32 Å². The Hall–Kier alpha value is -1.63. The number of carbonyl (C=O) groups excluding carboxylic acids is 1. The summed E-state index contributed by atoms with van der Waals surface area (Å²) in [6.45, 7) is -1.44. The highest BCUT2D eigenvalue weighted by Gasteiger charge is 2.47. The van der Waals surface area contributed by atoms with Crippen molar-refractivity contribution in [3.05, 3.63) is 23.2 Å². The summed E-state index contributed by atoms with van der Waals surface area (Å²) in [5.74, 6) is -0.563. The van der Waals surface area contributed by atoms with Crippen molar-refractivity contribution < 1.29 is 27.3 Å². The van der Waals surface area contributed by atoms with Gasteiger partial charge in [-0.2, -0.15) is 18.4 Å². The van der Waals surface area contributed by atoms with Crippen molar-refractivity contribution in [2.75, 3.05) is 6.61 Å². The Bertz CT molecular complexity index is 795. The Morgan fingerprint density at radius 2 is 2.14 bits per heavy atom. The first kappa shape index (κ1) is 21.1. The lowest BCUT2D eigenvalue weighted by Gasteiger charge is -2.19. The molecule has 0 bridgehead atoms. The van der Waals surface area contributed by atoms with Gasteiger partial charge in [-0.15, -0.1) is 0 Å². The first-order valence-corrected chi connectivity index (χ1v) is 10.3. The molecule has 0 radical (unpaired) electrons. The molecular weight excluding hydrogens is 417 g/mol. The molecule has 1 N–H and O–H groups in total. The lowest BCUT2D eigenvalue weighted by Crippen LogP contribution is -2.39. The third kappa shape index (κ3) is 5.04. The van der Waals surface area contributed by atoms with Crippen LogP contribution in [0.2, 0.25) is 5.02 Å². The minimum Gasteiger partial charge on any atom is -0.611 e. The standard InChI is InChI=1S/C18H18ClF3N2O3S/c19-14-8-12(27-10-18(20,21)22)2-4-15(14)28(26)13-3-1-11(7-13)16(25)24-17(9-23)5-6-17/h2,4,8,11,13H,1,3,5-7,10H2,(H,24,25)/t11-,13+,28?/m0/s1. The summed E-state index contributed by atoms with van der Waals surface area (Å²) in [6, 6.07) is 6.01. The molecule has 2 fully saturated rings. The number of amides is 1. The summed E-state index contributed by atoms with van der Waals surface area (Å²) in [4.78, 5) is 12.6. The number of benzene rings is 1. The number of nitrogens with zero attached hydrogens (tertiary/aromatic N) is 1. The molecule has 2 aliphatic rings. The van der Waals surface area contributed by atoms with Gasteiger partial charge in [0.15, 0.2) is 11.5 Å². The van der Waals surface area contributed by atoms with Crippen LogP contribution in [0.1, 0.15) is 32.1 Å². The van der Waals surface area contributed by atoms with E-state index in [-0.39, 0.29) is 27.8 Å². The van der Waals surface area contributed by atoms with Gasteiger partial charge >= 0.3 is 6.18 Å². The molecule has 0 spiro atoms. The molecule has 1 amide bonds. The predicted octanol–water partition coefficient (Wildman–Crippen LogP) is 3.73. The lowest BCUT2D eigenvalue weighted by atomic mass is 10.1. The summed E-state index contributed by atoms with van der Waals surface area (Å²) >= 11 is 4.60. The van der Waals surface area contributed by atoms with Crippen LogP contribution in [0.25, 0.3) is 0 Å². The highest BCUT2D eigenvalue weighted by atomic mass is 35.5. The maximum absolute atomic E-state index is 12.8. The molecule has 0 aliphatic heterocycles. The zero-order valence-electron chi connectivity index (χ0n) is 14.7. The van der Waals surface area contributed by atoms with Crippen LogP contribution in [-0.2, 0) is 16.0 Å². The van der Waals surface area contributed by atoms with Crippen molar-refractivity contribution in [2.45, 2.75) is 54.0 Å². The minimum atomic E-state index is -4.46. The quantitative estimate of drug-likeness (QED) is 0.691. The van der Waals surface area contributed by atoms with Gasteiger partial charge in [0.25, 0.3) is 0 Å². The summed E-state index contributed by atoms with van der Waals surface area (Å²) in [7, 11) is 0. The average Bonchev–Trinajstić information content (AvgIpc) is 3.22. The van der Waals surface area contributed by atoms with Crippen molar-refractivity contribution >= 4 is 28.7 Å². The number of nitrogens with one attached hydrogen (secondary N) is 1. The van der Waals surface area contributed by atoms with Crippen LogP contribution < -0.4 is 10.1 Å². The van der Waals surface area contributed by atoms with E-state index in [0.717, 1.165) is 0 Å². The van der Waals surface area contributed by atoms with E-state index in [1.165, 1.54) is 18.2 Å². The van der Waals surface area contributed by atoms with Gasteiger partial charge < -0.3 is 14.6 Å². The Morgan fingerprint density at radius 1 is 1.43 bits per heavy atom. The maximum Gasteiger partial charge on any atom is 0.422 e. The molecule has 10 heteroatoms. The molecular formula is C18H18ClF3N2O3S. The van der Waals surface area contributed by atoms with Gasteiger partial charge in [-0.25, -0.2) is 0 Å². The number of ether oxygens (including phenoxy) is 1. The van der Waals surface area contributed by atoms with Crippen LogP contribution in [0, 0.1) is 17.2 Å². The molecule has 1 aromatic rings. The Kier molecular flexibility index (Phi) is 6.03. The highest BCUT2D eigenvalue weighted by molar-refractivity contribution is 7.92. The fraction of sp³-hybridized carbons (Fsp3) is 0.556. The second-order valence-corrected chi connectivity index (χ2v) is 9.22. The van der Waals surface area contributed by atoms with E-state index in [4.69, 9.17) is 16.9 Å². The smallest absolute Gasteiger partial charge is 0.422 e. The van der Waals surface area contributed by atoms with Crippen molar-refractivity contribution in [3.8, 4) is 11.8 Å². The van der Waals surface area contributed by atoms with E-state index in [1.54, 1.807) is 0 Å². The first-order valence-electron chi connectivity index (χ1n) is 8.75. The van der Waals surface area contributed by atoms with Gasteiger partial charge in [-0.1, -0.05) is 11.6 Å².